The van der Waals surface area contributed by atoms with Crippen LogP contribution in [0.2, 0.25) is 0 Å². The number of nitrogens with one attached hydrogen (secondary N) is 2. The Balaban J connectivity index is 1.29. The predicted molar refractivity (Wildman–Crippen MR) is 107 cm³/mol. The number of benzene rings is 2. The van der Waals surface area contributed by atoms with Gasteiger partial charge in [0.25, 0.3) is 0 Å². The molecule has 0 saturated heterocycles. The van der Waals surface area contributed by atoms with Gasteiger partial charge >= 0.3 is 0 Å². The average Bonchev–Trinajstić information content (AvgIpc) is 3.19. The second-order valence-corrected chi connectivity index (χ2v) is 7.34. The Morgan fingerprint density at radius 3 is 2.81 bits per heavy atom. The molecule has 1 fully saturated rings. The van der Waals surface area contributed by atoms with Crippen molar-refractivity contribution in [2.24, 2.45) is 0 Å². The summed E-state index contributed by atoms with van der Waals surface area (Å²) in [6.07, 6.45) is 6.61. The van der Waals surface area contributed by atoms with Crippen LogP contribution in [-0.4, -0.2) is 29.5 Å². The number of aromatic amines is 1. The molecule has 142 valence electrons. The van der Waals surface area contributed by atoms with E-state index in [0.717, 1.165) is 54.6 Å². The molecule has 3 aromatic rings. The highest BCUT2D eigenvalue weighted by Crippen LogP contribution is 2.30. The zero-order chi connectivity index (χ0) is 18.6. The maximum absolute atomic E-state index is 6.32. The molecule has 5 nitrogen and oxygen atoms in total. The van der Waals surface area contributed by atoms with E-state index in [1.165, 1.54) is 11.1 Å². The molecule has 0 unspecified atom stereocenters. The smallest absolute Gasteiger partial charge is 0.123 e. The first kappa shape index (κ1) is 17.9. The first-order chi connectivity index (χ1) is 13.2. The van der Waals surface area contributed by atoms with Crippen LogP contribution in [0.25, 0.3) is 10.9 Å². The summed E-state index contributed by atoms with van der Waals surface area (Å²) >= 11 is 0. The molecule has 0 aliphatic heterocycles. The Kier molecular flexibility index (Phi) is 5.30. The van der Waals surface area contributed by atoms with Crippen molar-refractivity contribution >= 4 is 10.9 Å². The van der Waals surface area contributed by atoms with Crippen molar-refractivity contribution in [3.8, 4) is 11.5 Å². The third-order valence-corrected chi connectivity index (χ3v) is 5.54. The summed E-state index contributed by atoms with van der Waals surface area (Å²) in [5, 5.41) is 12.0. The highest BCUT2D eigenvalue weighted by atomic mass is 16.5. The van der Waals surface area contributed by atoms with Gasteiger partial charge in [-0.1, -0.05) is 12.1 Å². The van der Waals surface area contributed by atoms with Crippen LogP contribution < -0.4 is 14.8 Å². The van der Waals surface area contributed by atoms with Gasteiger partial charge in [0.2, 0.25) is 0 Å². The van der Waals surface area contributed by atoms with Gasteiger partial charge in [-0.15, -0.1) is 0 Å². The lowest BCUT2D eigenvalue weighted by Crippen LogP contribution is -2.36. The minimum atomic E-state index is 0.294. The standard InChI is InChI=1S/C22H27N3O2/c1-15-20-14-24-25-21(20)10-11-22(15)27-18-8-6-17(7-9-18)23-13-16-4-3-5-19(12-16)26-2/h3-5,10-12,14,17-18,23H,6-9,13H2,1-2H3,(H,24,25)/t17-,18-. The minimum absolute atomic E-state index is 0.294. The Hall–Kier alpha value is -2.53. The number of nitrogens with zero attached hydrogens (tertiary/aromatic N) is 1. The number of hydrogen-bond donors (Lipinski definition) is 2. The van der Waals surface area contributed by atoms with E-state index < -0.39 is 0 Å². The fourth-order valence-corrected chi connectivity index (χ4v) is 3.88. The van der Waals surface area contributed by atoms with E-state index >= 15 is 0 Å². The Bertz CT molecular complexity index is 897. The monoisotopic (exact) mass is 365 g/mol. The zero-order valence-electron chi connectivity index (χ0n) is 16.0. The molecule has 5 heteroatoms. The molecule has 0 spiro atoms. The van der Waals surface area contributed by atoms with Crippen LogP contribution in [0.5, 0.6) is 11.5 Å². The van der Waals surface area contributed by atoms with E-state index in [4.69, 9.17) is 9.47 Å². The van der Waals surface area contributed by atoms with Gasteiger partial charge in [-0.2, -0.15) is 5.10 Å². The molecule has 4 rings (SSSR count). The third-order valence-electron chi connectivity index (χ3n) is 5.54. The molecule has 0 radical (unpaired) electrons. The van der Waals surface area contributed by atoms with Gasteiger partial charge in [-0.25, -0.2) is 0 Å². The molecule has 1 saturated carbocycles. The first-order valence-corrected chi connectivity index (χ1v) is 9.68. The van der Waals surface area contributed by atoms with E-state index in [2.05, 4.69) is 40.6 Å². The molecular formula is C22H27N3O2. The Labute approximate surface area is 160 Å². The van der Waals surface area contributed by atoms with Crippen molar-refractivity contribution in [1.82, 2.24) is 15.5 Å². The van der Waals surface area contributed by atoms with E-state index in [0.29, 0.717) is 12.1 Å². The van der Waals surface area contributed by atoms with Gasteiger partial charge in [-0.3, -0.25) is 5.10 Å². The van der Waals surface area contributed by atoms with E-state index in [9.17, 15) is 0 Å². The number of fused-ring (bicyclic) bond motifs is 1. The SMILES string of the molecule is COc1cccc(CN[C@H]2CC[C@H](Oc3ccc4[nH]ncc4c3C)CC2)c1. The largest absolute Gasteiger partial charge is 0.497 e. The van der Waals surface area contributed by atoms with Crippen molar-refractivity contribution in [2.45, 2.75) is 51.3 Å². The summed E-state index contributed by atoms with van der Waals surface area (Å²) in [6.45, 7) is 2.98. The van der Waals surface area contributed by atoms with Gasteiger partial charge in [0.05, 0.1) is 24.9 Å². The fourth-order valence-electron chi connectivity index (χ4n) is 3.88. The second-order valence-electron chi connectivity index (χ2n) is 7.34. The summed E-state index contributed by atoms with van der Waals surface area (Å²) in [6, 6.07) is 12.9. The van der Waals surface area contributed by atoms with Gasteiger partial charge in [-0.05, 0) is 62.4 Å². The number of aryl methyl sites for hydroxylation is 1. The molecule has 27 heavy (non-hydrogen) atoms. The van der Waals surface area contributed by atoms with Crippen molar-refractivity contribution in [1.29, 1.82) is 0 Å². The summed E-state index contributed by atoms with van der Waals surface area (Å²) in [4.78, 5) is 0. The summed E-state index contributed by atoms with van der Waals surface area (Å²) in [5.74, 6) is 1.90. The van der Waals surface area contributed by atoms with Gasteiger partial charge < -0.3 is 14.8 Å². The number of aromatic nitrogens is 2. The summed E-state index contributed by atoms with van der Waals surface area (Å²) in [7, 11) is 1.71. The van der Waals surface area contributed by atoms with Crippen LogP contribution >= 0.6 is 0 Å². The van der Waals surface area contributed by atoms with Gasteiger partial charge in [0, 0.05) is 23.5 Å². The minimum Gasteiger partial charge on any atom is -0.497 e. The van der Waals surface area contributed by atoms with E-state index in [1.807, 2.05) is 24.4 Å². The lowest BCUT2D eigenvalue weighted by atomic mass is 9.92. The lowest BCUT2D eigenvalue weighted by molar-refractivity contribution is 0.138. The number of methoxy groups -OCH3 is 1. The molecule has 2 aromatic carbocycles. The number of hydrogen-bond acceptors (Lipinski definition) is 4. The van der Waals surface area contributed by atoms with Crippen LogP contribution in [-0.2, 0) is 6.54 Å². The maximum atomic E-state index is 6.32. The van der Waals surface area contributed by atoms with E-state index in [1.54, 1.807) is 7.11 Å². The summed E-state index contributed by atoms with van der Waals surface area (Å²) in [5.41, 5.74) is 3.49. The number of H-pyrrole nitrogens is 1. The fraction of sp³-hybridized carbons (Fsp3) is 0.409. The van der Waals surface area contributed by atoms with Crippen LogP contribution in [0.3, 0.4) is 0 Å². The van der Waals surface area contributed by atoms with Crippen molar-refractivity contribution in [3.63, 3.8) is 0 Å². The second kappa shape index (κ2) is 8.01. The molecule has 0 atom stereocenters. The third kappa shape index (κ3) is 4.08. The number of rotatable bonds is 6. The Morgan fingerprint density at radius 2 is 2.00 bits per heavy atom. The maximum Gasteiger partial charge on any atom is 0.123 e. The van der Waals surface area contributed by atoms with Crippen molar-refractivity contribution in [2.75, 3.05) is 7.11 Å². The van der Waals surface area contributed by atoms with Crippen LogP contribution in [0.4, 0.5) is 0 Å². The zero-order valence-corrected chi connectivity index (χ0v) is 16.0. The quantitative estimate of drug-likeness (QED) is 0.681. The highest BCUT2D eigenvalue weighted by molar-refractivity contribution is 5.83. The topological polar surface area (TPSA) is 59.2 Å². The van der Waals surface area contributed by atoms with Crippen molar-refractivity contribution < 1.29 is 9.47 Å². The van der Waals surface area contributed by atoms with Crippen LogP contribution in [0, 0.1) is 6.92 Å². The molecule has 0 amide bonds. The molecule has 1 aliphatic rings. The molecular weight excluding hydrogens is 338 g/mol. The number of ether oxygens (including phenoxy) is 2. The molecule has 0 bridgehead atoms. The molecule has 1 aliphatic carbocycles. The molecule has 1 heterocycles. The lowest BCUT2D eigenvalue weighted by Gasteiger charge is -2.30. The highest BCUT2D eigenvalue weighted by Gasteiger charge is 2.23. The van der Waals surface area contributed by atoms with Crippen LogP contribution in [0.15, 0.2) is 42.6 Å². The summed E-state index contributed by atoms with van der Waals surface area (Å²) < 4.78 is 11.6. The normalized spacial score (nSPS) is 19.9. The van der Waals surface area contributed by atoms with E-state index in [-0.39, 0.29) is 0 Å². The van der Waals surface area contributed by atoms with Gasteiger partial charge in [0.15, 0.2) is 0 Å². The van der Waals surface area contributed by atoms with Crippen molar-refractivity contribution in [3.05, 3.63) is 53.7 Å². The average molecular weight is 365 g/mol. The first-order valence-electron chi connectivity index (χ1n) is 9.68. The molecule has 2 N–H and O–H groups in total. The van der Waals surface area contributed by atoms with Gasteiger partial charge in [0.1, 0.15) is 11.5 Å². The molecule has 1 aromatic heterocycles. The predicted octanol–water partition coefficient (Wildman–Crippen LogP) is 4.36. The Morgan fingerprint density at radius 1 is 1.15 bits per heavy atom. The van der Waals surface area contributed by atoms with Crippen LogP contribution in [0.1, 0.15) is 36.8 Å².